The molecule has 0 bridgehead atoms. The van der Waals surface area contributed by atoms with E-state index in [1.54, 1.807) is 0 Å². The lowest BCUT2D eigenvalue weighted by atomic mass is 10.1. The first-order valence-electron chi connectivity index (χ1n) is 6.85. The molecule has 2 rings (SSSR count). The van der Waals surface area contributed by atoms with E-state index in [0.29, 0.717) is 0 Å². The Morgan fingerprint density at radius 2 is 2.05 bits per heavy atom. The molecule has 0 aliphatic rings. The second-order valence-electron chi connectivity index (χ2n) is 4.79. The van der Waals surface area contributed by atoms with Gasteiger partial charge in [-0.15, -0.1) is 0 Å². The Labute approximate surface area is 115 Å². The third kappa shape index (κ3) is 4.14. The van der Waals surface area contributed by atoms with Crippen molar-refractivity contribution in [3.05, 3.63) is 59.7 Å². The molecule has 0 aliphatic heterocycles. The summed E-state index contributed by atoms with van der Waals surface area (Å²) in [6, 6.07) is 10.5. The fourth-order valence-electron chi connectivity index (χ4n) is 2.08. The van der Waals surface area contributed by atoms with Crippen molar-refractivity contribution in [2.24, 2.45) is 0 Å². The van der Waals surface area contributed by atoms with E-state index < -0.39 is 0 Å². The largest absolute Gasteiger partial charge is 0.308 e. The van der Waals surface area contributed by atoms with Crippen LogP contribution in [0.15, 0.2) is 42.7 Å². The van der Waals surface area contributed by atoms with Crippen molar-refractivity contribution in [1.82, 2.24) is 15.3 Å². The van der Waals surface area contributed by atoms with Crippen molar-refractivity contribution in [2.45, 2.75) is 32.7 Å². The summed E-state index contributed by atoms with van der Waals surface area (Å²) in [5, 5.41) is 3.56. The molecule has 3 heteroatoms. The molecular formula is C16H21N3. The summed E-state index contributed by atoms with van der Waals surface area (Å²) in [6.45, 7) is 5.27. The zero-order valence-corrected chi connectivity index (χ0v) is 11.6. The first-order chi connectivity index (χ1) is 9.29. The molecule has 0 aliphatic carbocycles. The Balaban J connectivity index is 2.16. The van der Waals surface area contributed by atoms with Gasteiger partial charge in [-0.1, -0.05) is 13.0 Å². The van der Waals surface area contributed by atoms with Gasteiger partial charge in [0.05, 0.1) is 11.7 Å². The van der Waals surface area contributed by atoms with Gasteiger partial charge >= 0.3 is 0 Å². The van der Waals surface area contributed by atoms with Gasteiger partial charge in [0.1, 0.15) is 0 Å². The van der Waals surface area contributed by atoms with Crippen LogP contribution in [0, 0.1) is 6.92 Å². The first-order valence-corrected chi connectivity index (χ1v) is 6.85. The Bertz CT molecular complexity index is 496. The number of aromatic nitrogens is 2. The highest BCUT2D eigenvalue weighted by Gasteiger charge is 2.13. The van der Waals surface area contributed by atoms with Crippen molar-refractivity contribution in [1.29, 1.82) is 0 Å². The molecular weight excluding hydrogens is 234 g/mol. The lowest BCUT2D eigenvalue weighted by molar-refractivity contribution is 0.513. The standard InChI is InChI=1S/C16H21N3/c1-3-8-18-16(12-14-6-4-5-9-17-14)15-11-13(2)7-10-19-15/h4-7,9-11,16,18H,3,8,12H2,1-2H3. The Morgan fingerprint density at radius 3 is 2.74 bits per heavy atom. The normalized spacial score (nSPS) is 12.3. The summed E-state index contributed by atoms with van der Waals surface area (Å²) in [6.07, 6.45) is 5.71. The van der Waals surface area contributed by atoms with Crippen molar-refractivity contribution in [3.8, 4) is 0 Å². The third-order valence-electron chi connectivity index (χ3n) is 3.07. The summed E-state index contributed by atoms with van der Waals surface area (Å²) in [4.78, 5) is 8.91. The van der Waals surface area contributed by atoms with Gasteiger partial charge in [0.25, 0.3) is 0 Å². The summed E-state index contributed by atoms with van der Waals surface area (Å²) in [5.41, 5.74) is 3.44. The molecule has 0 aromatic carbocycles. The quantitative estimate of drug-likeness (QED) is 0.862. The van der Waals surface area contributed by atoms with Gasteiger partial charge in [-0.25, -0.2) is 0 Å². The molecule has 2 heterocycles. The average Bonchev–Trinajstić information content (AvgIpc) is 2.44. The van der Waals surface area contributed by atoms with Crippen LogP contribution in [0.1, 0.15) is 36.3 Å². The molecule has 2 aromatic heterocycles. The van der Waals surface area contributed by atoms with E-state index in [2.05, 4.69) is 41.3 Å². The van der Waals surface area contributed by atoms with Crippen molar-refractivity contribution < 1.29 is 0 Å². The van der Waals surface area contributed by atoms with Gasteiger partial charge in [-0.2, -0.15) is 0 Å². The van der Waals surface area contributed by atoms with Crippen LogP contribution in [0.2, 0.25) is 0 Å². The van der Waals surface area contributed by atoms with Crippen LogP contribution in [0.5, 0.6) is 0 Å². The molecule has 3 nitrogen and oxygen atoms in total. The first kappa shape index (κ1) is 13.7. The lowest BCUT2D eigenvalue weighted by Crippen LogP contribution is -2.25. The van der Waals surface area contributed by atoms with Crippen LogP contribution in [-0.4, -0.2) is 16.5 Å². The van der Waals surface area contributed by atoms with Crippen LogP contribution in [0.3, 0.4) is 0 Å². The molecule has 0 radical (unpaired) electrons. The monoisotopic (exact) mass is 255 g/mol. The number of pyridine rings is 2. The summed E-state index contributed by atoms with van der Waals surface area (Å²) >= 11 is 0. The van der Waals surface area contributed by atoms with E-state index >= 15 is 0 Å². The van der Waals surface area contributed by atoms with Gasteiger partial charge in [0.15, 0.2) is 0 Å². The molecule has 19 heavy (non-hydrogen) atoms. The van der Waals surface area contributed by atoms with E-state index in [1.165, 1.54) is 5.56 Å². The number of aryl methyl sites for hydroxylation is 1. The number of rotatable bonds is 6. The second kappa shape index (κ2) is 7.00. The fourth-order valence-corrected chi connectivity index (χ4v) is 2.08. The van der Waals surface area contributed by atoms with Crippen LogP contribution >= 0.6 is 0 Å². The van der Waals surface area contributed by atoms with Crippen LogP contribution in [0.25, 0.3) is 0 Å². The Morgan fingerprint density at radius 1 is 1.16 bits per heavy atom. The highest BCUT2D eigenvalue weighted by molar-refractivity contribution is 5.19. The molecule has 2 aromatic rings. The minimum absolute atomic E-state index is 0.231. The number of nitrogens with one attached hydrogen (secondary N) is 1. The molecule has 0 amide bonds. The van der Waals surface area contributed by atoms with Crippen molar-refractivity contribution in [2.75, 3.05) is 6.54 Å². The summed E-state index contributed by atoms with van der Waals surface area (Å²) in [7, 11) is 0. The summed E-state index contributed by atoms with van der Waals surface area (Å²) in [5.74, 6) is 0. The molecule has 0 saturated heterocycles. The predicted molar refractivity (Wildman–Crippen MR) is 77.9 cm³/mol. The van der Waals surface area contributed by atoms with Crippen molar-refractivity contribution in [3.63, 3.8) is 0 Å². The third-order valence-corrected chi connectivity index (χ3v) is 3.07. The van der Waals surface area contributed by atoms with Gasteiger partial charge < -0.3 is 5.32 Å². The number of hydrogen-bond donors (Lipinski definition) is 1. The summed E-state index contributed by atoms with van der Waals surface area (Å²) < 4.78 is 0. The fraction of sp³-hybridized carbons (Fsp3) is 0.375. The SMILES string of the molecule is CCCNC(Cc1ccccn1)c1cc(C)ccn1. The topological polar surface area (TPSA) is 37.8 Å². The van der Waals surface area contributed by atoms with Crippen LogP contribution < -0.4 is 5.32 Å². The number of nitrogens with zero attached hydrogens (tertiary/aromatic N) is 2. The molecule has 0 saturated carbocycles. The zero-order chi connectivity index (χ0) is 13.5. The predicted octanol–water partition coefficient (Wildman–Crippen LogP) is 3.07. The average molecular weight is 255 g/mol. The Kier molecular flexibility index (Phi) is 5.04. The van der Waals surface area contributed by atoms with E-state index in [1.807, 2.05) is 30.6 Å². The molecule has 1 N–H and O–H groups in total. The van der Waals surface area contributed by atoms with Gasteiger partial charge in [-0.05, 0) is 49.7 Å². The lowest BCUT2D eigenvalue weighted by Gasteiger charge is -2.18. The Hall–Kier alpha value is -1.74. The highest BCUT2D eigenvalue weighted by atomic mass is 14.9. The number of hydrogen-bond acceptors (Lipinski definition) is 3. The van der Waals surface area contributed by atoms with Crippen LogP contribution in [-0.2, 0) is 6.42 Å². The maximum Gasteiger partial charge on any atom is 0.0579 e. The minimum atomic E-state index is 0.231. The van der Waals surface area contributed by atoms with Crippen LogP contribution in [0.4, 0.5) is 0 Å². The molecule has 1 atom stereocenters. The van der Waals surface area contributed by atoms with E-state index in [9.17, 15) is 0 Å². The molecule has 1 unspecified atom stereocenters. The maximum atomic E-state index is 4.50. The van der Waals surface area contributed by atoms with E-state index in [-0.39, 0.29) is 6.04 Å². The van der Waals surface area contributed by atoms with E-state index in [4.69, 9.17) is 0 Å². The van der Waals surface area contributed by atoms with Gasteiger partial charge in [0.2, 0.25) is 0 Å². The smallest absolute Gasteiger partial charge is 0.0579 e. The zero-order valence-electron chi connectivity index (χ0n) is 11.6. The van der Waals surface area contributed by atoms with Gasteiger partial charge in [-0.3, -0.25) is 9.97 Å². The van der Waals surface area contributed by atoms with Gasteiger partial charge in [0, 0.05) is 24.5 Å². The maximum absolute atomic E-state index is 4.50. The molecule has 0 spiro atoms. The minimum Gasteiger partial charge on any atom is -0.308 e. The molecule has 100 valence electrons. The van der Waals surface area contributed by atoms with E-state index in [0.717, 1.165) is 30.8 Å². The second-order valence-corrected chi connectivity index (χ2v) is 4.79. The molecule has 0 fully saturated rings. The van der Waals surface area contributed by atoms with Crippen molar-refractivity contribution >= 4 is 0 Å². The highest BCUT2D eigenvalue weighted by Crippen LogP contribution is 2.16.